The van der Waals surface area contributed by atoms with Gasteiger partial charge in [-0.25, -0.2) is 9.97 Å². The fourth-order valence-corrected chi connectivity index (χ4v) is 2.95. The number of nitrogens with zero attached hydrogens (tertiary/aromatic N) is 5. The number of hydrogen-bond acceptors (Lipinski definition) is 9. The molecular formula is C18H10N5O7+. The lowest BCUT2D eigenvalue weighted by Gasteiger charge is -2.02. The molecule has 30 heavy (non-hydrogen) atoms. The lowest BCUT2D eigenvalue weighted by Crippen LogP contribution is -2.18. The SMILES string of the molecule is O=[N+](Oc1nccc2c([N+](=O)[O-])cccc12)Oc1nccc2c([N+](=O)[O-])cccc12. The van der Waals surface area contributed by atoms with Gasteiger partial charge in [-0.15, -0.1) is 9.68 Å². The highest BCUT2D eigenvalue weighted by Crippen LogP contribution is 2.32. The predicted molar refractivity (Wildman–Crippen MR) is 102 cm³/mol. The van der Waals surface area contributed by atoms with Crippen LogP contribution in [0.5, 0.6) is 11.8 Å². The second kappa shape index (κ2) is 7.35. The molecular weight excluding hydrogens is 398 g/mol. The molecule has 0 aliphatic heterocycles. The second-order valence-corrected chi connectivity index (χ2v) is 5.90. The smallest absolute Gasteiger partial charge is 0.258 e. The van der Waals surface area contributed by atoms with Crippen LogP contribution >= 0.6 is 0 Å². The summed E-state index contributed by atoms with van der Waals surface area (Å²) < 4.78 is 0. The van der Waals surface area contributed by atoms with Crippen molar-refractivity contribution in [1.29, 1.82) is 0 Å². The van der Waals surface area contributed by atoms with Crippen molar-refractivity contribution >= 4 is 32.9 Å². The number of hydrogen-bond donors (Lipinski definition) is 0. The normalized spacial score (nSPS) is 10.7. The summed E-state index contributed by atoms with van der Waals surface area (Å²) in [5.74, 6) is -0.449. The van der Waals surface area contributed by atoms with Crippen molar-refractivity contribution in [1.82, 2.24) is 9.97 Å². The van der Waals surface area contributed by atoms with E-state index in [1.165, 1.54) is 60.9 Å². The lowest BCUT2D eigenvalue weighted by atomic mass is 10.1. The van der Waals surface area contributed by atoms with Crippen LogP contribution in [0.25, 0.3) is 21.5 Å². The maximum atomic E-state index is 12.2. The molecule has 0 fully saturated rings. The van der Waals surface area contributed by atoms with Gasteiger partial charge in [0, 0.05) is 24.5 Å². The average Bonchev–Trinajstić information content (AvgIpc) is 2.73. The van der Waals surface area contributed by atoms with E-state index in [1.807, 2.05) is 0 Å². The Morgan fingerprint density at radius 1 is 0.633 bits per heavy atom. The van der Waals surface area contributed by atoms with Crippen LogP contribution in [0.4, 0.5) is 11.4 Å². The average molecular weight is 408 g/mol. The van der Waals surface area contributed by atoms with Gasteiger partial charge in [0.2, 0.25) is 0 Å². The molecule has 0 radical (unpaired) electrons. The molecule has 148 valence electrons. The molecule has 0 aliphatic rings. The highest BCUT2D eigenvalue weighted by atomic mass is 17.0. The zero-order chi connectivity index (χ0) is 21.3. The number of fused-ring (bicyclic) bond motifs is 2. The van der Waals surface area contributed by atoms with Gasteiger partial charge >= 0.3 is 16.8 Å². The van der Waals surface area contributed by atoms with Gasteiger partial charge < -0.3 is 0 Å². The van der Waals surface area contributed by atoms with Crippen molar-refractivity contribution in [2.45, 2.75) is 0 Å². The first-order valence-electron chi connectivity index (χ1n) is 8.33. The van der Waals surface area contributed by atoms with Crippen molar-refractivity contribution < 1.29 is 24.6 Å². The van der Waals surface area contributed by atoms with Gasteiger partial charge in [-0.2, -0.15) is 0 Å². The van der Waals surface area contributed by atoms with Gasteiger partial charge in [0.25, 0.3) is 11.4 Å². The maximum Gasteiger partial charge on any atom is 0.492 e. The third-order valence-corrected chi connectivity index (χ3v) is 4.21. The van der Waals surface area contributed by atoms with E-state index in [9.17, 15) is 25.1 Å². The molecule has 0 bridgehead atoms. The van der Waals surface area contributed by atoms with Gasteiger partial charge in [0.15, 0.2) is 0 Å². The second-order valence-electron chi connectivity index (χ2n) is 5.90. The Morgan fingerprint density at radius 3 is 1.47 bits per heavy atom. The van der Waals surface area contributed by atoms with E-state index in [0.717, 1.165) is 0 Å². The molecule has 0 saturated heterocycles. The summed E-state index contributed by atoms with van der Waals surface area (Å²) >= 11 is 0. The summed E-state index contributed by atoms with van der Waals surface area (Å²) in [5, 5.41) is 23.0. The van der Waals surface area contributed by atoms with Crippen LogP contribution in [0.15, 0.2) is 60.9 Å². The molecule has 2 aromatic heterocycles. The molecule has 4 rings (SSSR count). The Bertz CT molecular complexity index is 1240. The van der Waals surface area contributed by atoms with Crippen molar-refractivity contribution in [3.8, 4) is 11.8 Å². The quantitative estimate of drug-likeness (QED) is 0.344. The molecule has 0 atom stereocenters. The third kappa shape index (κ3) is 3.28. The first kappa shape index (κ1) is 18.6. The summed E-state index contributed by atoms with van der Waals surface area (Å²) in [4.78, 5) is 51.4. The molecule has 4 aromatic rings. The standard InChI is InChI=1S/C18H10N5O7/c24-21(25)15-5-1-3-13-11(15)7-9-19-17(13)29-23(28)30-18-14-4-2-6-16(22(26)27)12(14)8-10-20-18/h1-10H/q+1. The van der Waals surface area contributed by atoms with Crippen LogP contribution in [0.1, 0.15) is 0 Å². The van der Waals surface area contributed by atoms with Crippen LogP contribution in [0.2, 0.25) is 0 Å². The Morgan fingerprint density at radius 2 is 1.07 bits per heavy atom. The minimum absolute atomic E-state index is 0.179. The van der Waals surface area contributed by atoms with Crippen molar-refractivity contribution in [3.05, 3.63) is 86.1 Å². The molecule has 12 nitrogen and oxygen atoms in total. The highest BCUT2D eigenvalue weighted by molar-refractivity contribution is 5.94. The van der Waals surface area contributed by atoms with E-state index < -0.39 is 9.85 Å². The fraction of sp³-hybridized carbons (Fsp3) is 0. The summed E-state index contributed by atoms with van der Waals surface area (Å²) in [6, 6.07) is 11.3. The van der Waals surface area contributed by atoms with Gasteiger partial charge in [0.05, 0.1) is 31.4 Å². The van der Waals surface area contributed by atoms with E-state index in [4.69, 9.17) is 9.68 Å². The number of aromatic nitrogens is 2. The molecule has 0 amide bonds. The first-order valence-corrected chi connectivity index (χ1v) is 8.33. The summed E-state index contributed by atoms with van der Waals surface area (Å²) in [6.07, 6.45) is 2.50. The predicted octanol–water partition coefficient (Wildman–Crippen LogP) is 3.67. The van der Waals surface area contributed by atoms with E-state index in [-0.39, 0.29) is 49.8 Å². The number of nitro groups is 2. The molecule has 0 spiro atoms. The molecule has 2 heterocycles. The highest BCUT2D eigenvalue weighted by Gasteiger charge is 2.25. The molecule has 0 unspecified atom stereocenters. The van der Waals surface area contributed by atoms with Gasteiger partial charge in [-0.3, -0.25) is 20.2 Å². The Hall–Kier alpha value is -4.74. The third-order valence-electron chi connectivity index (χ3n) is 4.21. The van der Waals surface area contributed by atoms with E-state index in [1.54, 1.807) is 0 Å². The minimum Gasteiger partial charge on any atom is -0.258 e. The molecule has 0 N–H and O–H groups in total. The van der Waals surface area contributed by atoms with Crippen molar-refractivity contribution in [2.75, 3.05) is 0 Å². The van der Waals surface area contributed by atoms with E-state index >= 15 is 0 Å². The largest absolute Gasteiger partial charge is 0.492 e. The number of rotatable bonds is 6. The van der Waals surface area contributed by atoms with Crippen LogP contribution in [-0.4, -0.2) is 24.9 Å². The Kier molecular flexibility index (Phi) is 4.56. The van der Waals surface area contributed by atoms with Crippen molar-refractivity contribution in [3.63, 3.8) is 0 Å². The Balaban J connectivity index is 1.67. The van der Waals surface area contributed by atoms with Crippen LogP contribution in [-0.2, 0) is 0 Å². The fourth-order valence-electron chi connectivity index (χ4n) is 2.95. The topological polar surface area (TPSA) is 151 Å². The van der Waals surface area contributed by atoms with E-state index in [0.29, 0.717) is 0 Å². The summed E-state index contributed by atoms with van der Waals surface area (Å²) in [5.41, 5.74) is -0.359. The molecule has 0 aliphatic carbocycles. The molecule has 0 saturated carbocycles. The zero-order valence-electron chi connectivity index (χ0n) is 14.9. The van der Waals surface area contributed by atoms with Gasteiger partial charge in [-0.1, -0.05) is 12.1 Å². The van der Waals surface area contributed by atoms with Gasteiger partial charge in [0.1, 0.15) is 4.91 Å². The number of non-ortho nitro benzene ring substituents is 2. The van der Waals surface area contributed by atoms with Crippen molar-refractivity contribution in [2.24, 2.45) is 0 Å². The molecule has 2 aromatic carbocycles. The van der Waals surface area contributed by atoms with Crippen LogP contribution in [0.3, 0.4) is 0 Å². The lowest BCUT2D eigenvalue weighted by molar-refractivity contribution is -0.921. The Labute approximate surface area is 166 Å². The zero-order valence-corrected chi connectivity index (χ0v) is 14.9. The summed E-state index contributed by atoms with van der Waals surface area (Å²) in [7, 11) is 0. The summed E-state index contributed by atoms with van der Waals surface area (Å²) in [6.45, 7) is 0. The molecule has 12 heteroatoms. The number of pyridine rings is 2. The number of benzene rings is 2. The van der Waals surface area contributed by atoms with Crippen LogP contribution < -0.4 is 9.68 Å². The van der Waals surface area contributed by atoms with Gasteiger partial charge in [-0.05, 0) is 24.3 Å². The maximum absolute atomic E-state index is 12.2. The van der Waals surface area contributed by atoms with Crippen LogP contribution in [0, 0.1) is 25.1 Å². The van der Waals surface area contributed by atoms with E-state index in [2.05, 4.69) is 9.97 Å². The first-order chi connectivity index (χ1) is 14.5. The minimum atomic E-state index is -0.565. The monoisotopic (exact) mass is 408 g/mol. The number of nitro benzene ring substituents is 2.